The van der Waals surface area contributed by atoms with Crippen molar-refractivity contribution in [2.24, 2.45) is 0 Å². The van der Waals surface area contributed by atoms with Crippen LogP contribution in [0.4, 0.5) is 0 Å². The van der Waals surface area contributed by atoms with Crippen LogP contribution in [0.3, 0.4) is 0 Å². The van der Waals surface area contributed by atoms with Crippen LogP contribution in [-0.4, -0.2) is 21.1 Å². The van der Waals surface area contributed by atoms with Gasteiger partial charge in [-0.1, -0.05) is 67.9 Å². The van der Waals surface area contributed by atoms with E-state index >= 15 is 0 Å². The lowest BCUT2D eigenvalue weighted by Crippen LogP contribution is -2.44. The Bertz CT molecular complexity index is 1250. The number of thioether (sulfide) groups is 1. The normalized spacial score (nSPS) is 14.6. The lowest BCUT2D eigenvalue weighted by molar-refractivity contribution is -0.123. The minimum Gasteiger partial charge on any atom is -0.489 e. The molecule has 0 radical (unpaired) electrons. The molecule has 1 aliphatic heterocycles. The Kier molecular flexibility index (Phi) is 7.64. The van der Waals surface area contributed by atoms with Gasteiger partial charge in [-0.3, -0.25) is 15.0 Å². The smallest absolute Gasteiger partial charge is 0.285 e. The number of halogens is 2. The van der Waals surface area contributed by atoms with Gasteiger partial charge < -0.3 is 4.74 Å². The Morgan fingerprint density at radius 1 is 1.03 bits per heavy atom. The predicted molar refractivity (Wildman–Crippen MR) is 142 cm³/mol. The van der Waals surface area contributed by atoms with Crippen molar-refractivity contribution in [2.75, 3.05) is 0 Å². The molecule has 1 heterocycles. The summed E-state index contributed by atoms with van der Waals surface area (Å²) in [6.07, 6.45) is 1.74. The molecule has 0 aliphatic carbocycles. The van der Waals surface area contributed by atoms with Crippen molar-refractivity contribution in [1.82, 2.24) is 10.4 Å². The fourth-order valence-corrected chi connectivity index (χ4v) is 4.83. The molecule has 3 aromatic carbocycles. The quantitative estimate of drug-likeness (QED) is 0.263. The summed E-state index contributed by atoms with van der Waals surface area (Å²) in [5, 5.41) is 1.10. The molecule has 9 heteroatoms. The van der Waals surface area contributed by atoms with Crippen molar-refractivity contribution < 1.29 is 14.3 Å². The van der Waals surface area contributed by atoms with Crippen LogP contribution < -0.4 is 10.2 Å². The Balaban J connectivity index is 1.39. The number of hydrazine groups is 1. The molecular weight excluding hydrogens is 588 g/mol. The summed E-state index contributed by atoms with van der Waals surface area (Å²) in [5.41, 5.74) is 4.89. The van der Waals surface area contributed by atoms with E-state index in [1.807, 2.05) is 48.5 Å². The third-order valence-electron chi connectivity index (χ3n) is 4.59. The third kappa shape index (κ3) is 6.11. The molecule has 33 heavy (non-hydrogen) atoms. The van der Waals surface area contributed by atoms with Crippen molar-refractivity contribution in [3.63, 3.8) is 0 Å². The van der Waals surface area contributed by atoms with E-state index in [-0.39, 0.29) is 10.2 Å². The van der Waals surface area contributed by atoms with Gasteiger partial charge in [0.05, 0.1) is 4.91 Å². The molecule has 3 aromatic rings. The van der Waals surface area contributed by atoms with E-state index in [2.05, 4.69) is 37.3 Å². The molecule has 4 rings (SSSR count). The highest BCUT2D eigenvalue weighted by Gasteiger charge is 2.33. The van der Waals surface area contributed by atoms with E-state index < -0.39 is 5.91 Å². The number of amides is 2. The van der Waals surface area contributed by atoms with Gasteiger partial charge in [-0.05, 0) is 78.0 Å². The molecule has 0 aromatic heterocycles. The molecule has 0 spiro atoms. The van der Waals surface area contributed by atoms with Crippen LogP contribution in [0.25, 0.3) is 6.08 Å². The first kappa shape index (κ1) is 23.7. The number of ether oxygens (including phenoxy) is 1. The number of carbonyl (C=O) groups excluding carboxylic acids is 2. The highest BCUT2D eigenvalue weighted by molar-refractivity contribution is 9.10. The van der Waals surface area contributed by atoms with E-state index in [0.717, 1.165) is 42.6 Å². The van der Waals surface area contributed by atoms with Gasteiger partial charge in [0.1, 0.15) is 12.4 Å². The van der Waals surface area contributed by atoms with Crippen molar-refractivity contribution in [3.8, 4) is 5.75 Å². The number of hydrogen-bond donors (Lipinski definition) is 1. The Labute approximate surface area is 217 Å². The number of carbonyl (C=O) groups is 2. The summed E-state index contributed by atoms with van der Waals surface area (Å²) in [7, 11) is 0. The van der Waals surface area contributed by atoms with Crippen molar-refractivity contribution in [3.05, 3.63) is 103 Å². The van der Waals surface area contributed by atoms with Gasteiger partial charge in [-0.2, -0.15) is 5.01 Å². The number of rotatable bonds is 6. The monoisotopic (exact) mass is 602 g/mol. The van der Waals surface area contributed by atoms with Gasteiger partial charge >= 0.3 is 0 Å². The van der Waals surface area contributed by atoms with E-state index in [9.17, 15) is 9.59 Å². The van der Waals surface area contributed by atoms with Crippen LogP contribution in [0.5, 0.6) is 5.75 Å². The van der Waals surface area contributed by atoms with E-state index in [4.69, 9.17) is 17.0 Å². The second-order valence-corrected chi connectivity index (χ2v) is 10.5. The van der Waals surface area contributed by atoms with Crippen LogP contribution >= 0.6 is 55.8 Å². The number of nitrogens with zero attached hydrogens (tertiary/aromatic N) is 1. The zero-order chi connectivity index (χ0) is 23.4. The topological polar surface area (TPSA) is 58.6 Å². The molecule has 5 nitrogen and oxygen atoms in total. The molecule has 1 saturated heterocycles. The second kappa shape index (κ2) is 10.6. The second-order valence-electron chi connectivity index (χ2n) is 6.95. The van der Waals surface area contributed by atoms with Crippen molar-refractivity contribution in [2.45, 2.75) is 6.61 Å². The number of hydrogen-bond acceptors (Lipinski definition) is 5. The molecule has 0 saturated carbocycles. The number of thiocarbonyl (C=S) groups is 1. The van der Waals surface area contributed by atoms with Crippen LogP contribution in [0.2, 0.25) is 0 Å². The lowest BCUT2D eigenvalue weighted by Gasteiger charge is -2.15. The van der Waals surface area contributed by atoms with Gasteiger partial charge in [0, 0.05) is 14.5 Å². The van der Waals surface area contributed by atoms with E-state index in [1.165, 1.54) is 0 Å². The highest BCUT2D eigenvalue weighted by atomic mass is 79.9. The standard InChI is InChI=1S/C24H16Br2N2O3S2/c25-18-8-6-17(7-9-18)22(29)27-28-23(30)21(33-24(28)32)13-15-4-10-20(11-5-15)31-14-16-2-1-3-19(26)12-16/h1-13H,14H2,(H,27,29)/b21-13+. The van der Waals surface area contributed by atoms with Crippen molar-refractivity contribution in [1.29, 1.82) is 0 Å². The third-order valence-corrected chi connectivity index (χ3v) is 6.91. The molecule has 2 amide bonds. The first-order valence-electron chi connectivity index (χ1n) is 9.71. The number of nitrogens with one attached hydrogen (secondary N) is 1. The molecule has 1 aliphatic rings. The maximum Gasteiger partial charge on any atom is 0.285 e. The van der Waals surface area contributed by atoms with Gasteiger partial charge in [0.2, 0.25) is 0 Å². The lowest BCUT2D eigenvalue weighted by atomic mass is 10.2. The Morgan fingerprint density at radius 2 is 1.76 bits per heavy atom. The fraction of sp³-hybridized carbons (Fsp3) is 0.0417. The van der Waals surface area contributed by atoms with Crippen LogP contribution in [0.15, 0.2) is 86.6 Å². The summed E-state index contributed by atoms with van der Waals surface area (Å²) in [5.74, 6) is -0.0566. The highest BCUT2D eigenvalue weighted by Crippen LogP contribution is 2.32. The maximum absolute atomic E-state index is 12.8. The molecule has 166 valence electrons. The molecule has 0 unspecified atom stereocenters. The summed E-state index contributed by atoms with van der Waals surface area (Å²) in [6, 6.07) is 22.2. The first-order chi connectivity index (χ1) is 15.9. The zero-order valence-corrected chi connectivity index (χ0v) is 21.8. The minimum absolute atomic E-state index is 0.269. The largest absolute Gasteiger partial charge is 0.489 e. The van der Waals surface area contributed by atoms with Crippen LogP contribution in [-0.2, 0) is 11.4 Å². The molecule has 1 N–H and O–H groups in total. The molecule has 0 bridgehead atoms. The summed E-state index contributed by atoms with van der Waals surface area (Å²) in [4.78, 5) is 25.7. The van der Waals surface area contributed by atoms with Gasteiger partial charge in [-0.25, -0.2) is 0 Å². The summed E-state index contributed by atoms with van der Waals surface area (Å²) < 4.78 is 7.96. The zero-order valence-electron chi connectivity index (χ0n) is 17.0. The minimum atomic E-state index is -0.410. The fourth-order valence-electron chi connectivity index (χ4n) is 2.94. The van der Waals surface area contributed by atoms with Gasteiger partial charge in [0.15, 0.2) is 4.32 Å². The Morgan fingerprint density at radius 3 is 2.45 bits per heavy atom. The summed E-state index contributed by atoms with van der Waals surface area (Å²) >= 11 is 13.2. The van der Waals surface area contributed by atoms with Crippen LogP contribution in [0, 0.1) is 0 Å². The number of benzene rings is 3. The van der Waals surface area contributed by atoms with Gasteiger partial charge in [0.25, 0.3) is 11.8 Å². The van der Waals surface area contributed by atoms with Crippen LogP contribution in [0.1, 0.15) is 21.5 Å². The maximum atomic E-state index is 12.8. The molecule has 0 atom stereocenters. The first-order valence-corrected chi connectivity index (χ1v) is 12.5. The molecule has 1 fully saturated rings. The average Bonchev–Trinajstić information content (AvgIpc) is 3.06. The Hall–Kier alpha value is -2.46. The molecular formula is C24H16Br2N2O3S2. The van der Waals surface area contributed by atoms with Crippen molar-refractivity contribution >= 4 is 78.1 Å². The SMILES string of the molecule is O=C(NN1C(=O)/C(=C\c2ccc(OCc3cccc(Br)c3)cc2)SC1=S)c1ccc(Br)cc1. The van der Waals surface area contributed by atoms with E-state index in [0.29, 0.717) is 17.1 Å². The predicted octanol–water partition coefficient (Wildman–Crippen LogP) is 6.34. The van der Waals surface area contributed by atoms with E-state index in [1.54, 1.807) is 30.3 Å². The summed E-state index contributed by atoms with van der Waals surface area (Å²) in [6.45, 7) is 0.454. The average molecular weight is 604 g/mol. The van der Waals surface area contributed by atoms with Gasteiger partial charge in [-0.15, -0.1) is 0 Å².